The van der Waals surface area contributed by atoms with Crippen LogP contribution in [0.25, 0.3) is 0 Å². The second kappa shape index (κ2) is 5.50. The Bertz CT molecular complexity index is 214. The van der Waals surface area contributed by atoms with Gasteiger partial charge in [-0.15, -0.1) is 0 Å². The van der Waals surface area contributed by atoms with E-state index in [4.69, 9.17) is 0 Å². The summed E-state index contributed by atoms with van der Waals surface area (Å²) in [5.41, 5.74) is 0.489. The fraction of sp³-hybridized carbons (Fsp3) is 0.917. The monoisotopic (exact) mass is 212 g/mol. The largest absolute Gasteiger partial charge is 0.356 e. The quantitative estimate of drug-likeness (QED) is 0.728. The van der Waals surface area contributed by atoms with Crippen molar-refractivity contribution in [3.8, 4) is 0 Å². The van der Waals surface area contributed by atoms with E-state index in [1.165, 1.54) is 19.3 Å². The Morgan fingerprint density at radius 1 is 1.47 bits per heavy atom. The average Bonchev–Trinajstić information content (AvgIpc) is 2.46. The van der Waals surface area contributed by atoms with Crippen molar-refractivity contribution in [2.75, 3.05) is 13.1 Å². The maximum absolute atomic E-state index is 11.2. The van der Waals surface area contributed by atoms with Crippen LogP contribution in [0.1, 0.15) is 46.5 Å². The van der Waals surface area contributed by atoms with Crippen molar-refractivity contribution in [2.45, 2.75) is 52.5 Å². The predicted octanol–water partition coefficient (Wildman–Crippen LogP) is 1.68. The van der Waals surface area contributed by atoms with E-state index in [0.717, 1.165) is 13.1 Å². The Morgan fingerprint density at radius 2 is 2.20 bits per heavy atom. The van der Waals surface area contributed by atoms with Crippen LogP contribution in [0.3, 0.4) is 0 Å². The van der Waals surface area contributed by atoms with E-state index in [9.17, 15) is 4.79 Å². The Hall–Kier alpha value is -0.570. The second-order valence-electron chi connectivity index (χ2n) is 5.26. The van der Waals surface area contributed by atoms with Crippen LogP contribution in [-0.4, -0.2) is 25.0 Å². The molecule has 1 aliphatic carbocycles. The molecule has 0 aromatic heterocycles. The molecule has 0 bridgehead atoms. The van der Waals surface area contributed by atoms with Crippen LogP contribution in [0, 0.1) is 5.41 Å². The molecule has 3 nitrogen and oxygen atoms in total. The van der Waals surface area contributed by atoms with Crippen molar-refractivity contribution in [3.63, 3.8) is 0 Å². The van der Waals surface area contributed by atoms with Crippen molar-refractivity contribution in [1.82, 2.24) is 10.6 Å². The normalized spacial score (nSPS) is 24.1. The first kappa shape index (κ1) is 12.5. The van der Waals surface area contributed by atoms with Crippen LogP contribution in [0.2, 0.25) is 0 Å². The van der Waals surface area contributed by atoms with E-state index >= 15 is 0 Å². The molecule has 0 spiro atoms. The van der Waals surface area contributed by atoms with Crippen LogP contribution in [0.4, 0.5) is 0 Å². The Labute approximate surface area is 93.0 Å². The SMILES string of the molecule is CCNC(=O)CCNC1CCC(C)(C)C1. The minimum atomic E-state index is 0.155. The predicted molar refractivity (Wildman–Crippen MR) is 62.7 cm³/mol. The number of carbonyl (C=O) groups excluding carboxylic acids is 1. The van der Waals surface area contributed by atoms with Gasteiger partial charge in [-0.2, -0.15) is 0 Å². The average molecular weight is 212 g/mol. The number of rotatable bonds is 5. The van der Waals surface area contributed by atoms with Gasteiger partial charge in [0.1, 0.15) is 0 Å². The summed E-state index contributed by atoms with van der Waals surface area (Å²) in [6.45, 7) is 8.13. The lowest BCUT2D eigenvalue weighted by molar-refractivity contribution is -0.120. The van der Waals surface area contributed by atoms with E-state index in [-0.39, 0.29) is 5.91 Å². The van der Waals surface area contributed by atoms with Crippen LogP contribution in [-0.2, 0) is 4.79 Å². The Kier molecular flexibility index (Phi) is 4.58. The molecule has 0 aromatic rings. The molecule has 15 heavy (non-hydrogen) atoms. The standard InChI is InChI=1S/C12H24N2O/c1-4-13-11(15)6-8-14-10-5-7-12(2,3)9-10/h10,14H,4-9H2,1-3H3,(H,13,15). The number of hydrogen-bond acceptors (Lipinski definition) is 2. The van der Waals surface area contributed by atoms with Gasteiger partial charge in [-0.1, -0.05) is 13.8 Å². The maximum Gasteiger partial charge on any atom is 0.221 e. The minimum absolute atomic E-state index is 0.155. The first-order valence-corrected chi connectivity index (χ1v) is 6.03. The van der Waals surface area contributed by atoms with Gasteiger partial charge in [0.05, 0.1) is 0 Å². The summed E-state index contributed by atoms with van der Waals surface area (Å²) in [5, 5.41) is 6.27. The summed E-state index contributed by atoms with van der Waals surface area (Å²) < 4.78 is 0. The van der Waals surface area contributed by atoms with Crippen LogP contribution in [0.5, 0.6) is 0 Å². The van der Waals surface area contributed by atoms with Gasteiger partial charge in [0, 0.05) is 25.6 Å². The highest BCUT2D eigenvalue weighted by Crippen LogP contribution is 2.36. The van der Waals surface area contributed by atoms with Gasteiger partial charge in [-0.05, 0) is 31.6 Å². The van der Waals surface area contributed by atoms with Gasteiger partial charge >= 0.3 is 0 Å². The van der Waals surface area contributed by atoms with E-state index in [2.05, 4.69) is 24.5 Å². The maximum atomic E-state index is 11.2. The lowest BCUT2D eigenvalue weighted by atomic mass is 9.92. The third kappa shape index (κ3) is 4.65. The fourth-order valence-corrected chi connectivity index (χ4v) is 2.29. The lowest BCUT2D eigenvalue weighted by Gasteiger charge is -2.17. The summed E-state index contributed by atoms with van der Waals surface area (Å²) in [6.07, 6.45) is 4.39. The molecule has 0 saturated heterocycles. The third-order valence-corrected chi connectivity index (χ3v) is 3.13. The molecule has 1 aliphatic rings. The molecule has 1 fully saturated rings. The molecule has 0 aliphatic heterocycles. The molecule has 3 heteroatoms. The molecular weight excluding hydrogens is 188 g/mol. The number of nitrogens with one attached hydrogen (secondary N) is 2. The zero-order valence-corrected chi connectivity index (χ0v) is 10.2. The summed E-state index contributed by atoms with van der Waals surface area (Å²) >= 11 is 0. The van der Waals surface area contributed by atoms with Crippen molar-refractivity contribution >= 4 is 5.91 Å². The van der Waals surface area contributed by atoms with Gasteiger partial charge in [0.15, 0.2) is 0 Å². The molecule has 1 unspecified atom stereocenters. The third-order valence-electron chi connectivity index (χ3n) is 3.13. The zero-order chi connectivity index (χ0) is 11.3. The van der Waals surface area contributed by atoms with Crippen molar-refractivity contribution in [1.29, 1.82) is 0 Å². The Morgan fingerprint density at radius 3 is 2.73 bits per heavy atom. The van der Waals surface area contributed by atoms with Gasteiger partial charge in [-0.3, -0.25) is 4.79 Å². The number of hydrogen-bond donors (Lipinski definition) is 2. The highest BCUT2D eigenvalue weighted by molar-refractivity contribution is 5.75. The Balaban J connectivity index is 2.09. The highest BCUT2D eigenvalue weighted by Gasteiger charge is 2.30. The molecular formula is C12H24N2O. The van der Waals surface area contributed by atoms with E-state index < -0.39 is 0 Å². The summed E-state index contributed by atoms with van der Waals surface area (Å²) in [4.78, 5) is 11.2. The lowest BCUT2D eigenvalue weighted by Crippen LogP contribution is -2.32. The molecule has 1 amide bonds. The highest BCUT2D eigenvalue weighted by atomic mass is 16.1. The number of amides is 1. The molecule has 88 valence electrons. The van der Waals surface area contributed by atoms with E-state index in [0.29, 0.717) is 17.9 Å². The number of carbonyl (C=O) groups is 1. The van der Waals surface area contributed by atoms with Crippen molar-refractivity contribution < 1.29 is 4.79 Å². The first-order chi connectivity index (χ1) is 7.03. The van der Waals surface area contributed by atoms with Crippen LogP contribution >= 0.6 is 0 Å². The van der Waals surface area contributed by atoms with Gasteiger partial charge < -0.3 is 10.6 Å². The smallest absolute Gasteiger partial charge is 0.221 e. The molecule has 1 saturated carbocycles. The van der Waals surface area contributed by atoms with Gasteiger partial charge in [-0.25, -0.2) is 0 Å². The molecule has 0 radical (unpaired) electrons. The second-order valence-corrected chi connectivity index (χ2v) is 5.26. The van der Waals surface area contributed by atoms with Gasteiger partial charge in [0.25, 0.3) is 0 Å². The molecule has 1 atom stereocenters. The van der Waals surface area contributed by atoms with E-state index in [1.54, 1.807) is 0 Å². The topological polar surface area (TPSA) is 41.1 Å². The van der Waals surface area contributed by atoms with E-state index in [1.807, 2.05) is 6.92 Å². The molecule has 2 N–H and O–H groups in total. The molecule has 0 heterocycles. The van der Waals surface area contributed by atoms with Crippen molar-refractivity contribution in [2.24, 2.45) is 5.41 Å². The van der Waals surface area contributed by atoms with Crippen LogP contribution in [0.15, 0.2) is 0 Å². The fourth-order valence-electron chi connectivity index (χ4n) is 2.29. The summed E-state index contributed by atoms with van der Waals surface area (Å²) in [7, 11) is 0. The van der Waals surface area contributed by atoms with Crippen LogP contribution < -0.4 is 10.6 Å². The molecule has 0 aromatic carbocycles. The molecule has 1 rings (SSSR count). The first-order valence-electron chi connectivity index (χ1n) is 6.03. The summed E-state index contributed by atoms with van der Waals surface area (Å²) in [6, 6.07) is 0.620. The zero-order valence-electron chi connectivity index (χ0n) is 10.2. The van der Waals surface area contributed by atoms with Gasteiger partial charge in [0.2, 0.25) is 5.91 Å². The summed E-state index contributed by atoms with van der Waals surface area (Å²) in [5.74, 6) is 0.155. The minimum Gasteiger partial charge on any atom is -0.356 e. The van der Waals surface area contributed by atoms with Crippen molar-refractivity contribution in [3.05, 3.63) is 0 Å².